The molecule has 0 saturated heterocycles. The lowest BCUT2D eigenvalue weighted by atomic mass is 9.74. The van der Waals surface area contributed by atoms with E-state index in [2.05, 4.69) is 4.98 Å². The Balaban J connectivity index is 2.34. The number of hydrogen-bond acceptors (Lipinski definition) is 3. The largest absolute Gasteiger partial charge is 0.482 e. The van der Waals surface area contributed by atoms with Gasteiger partial charge in [-0.3, -0.25) is 0 Å². The molecule has 0 fully saturated rings. The first-order valence-electron chi connectivity index (χ1n) is 6.48. The number of pyridine rings is 1. The van der Waals surface area contributed by atoms with E-state index in [1.165, 1.54) is 12.1 Å². The molecule has 2 aromatic rings. The zero-order valence-corrected chi connectivity index (χ0v) is 13.2. The Morgan fingerprint density at radius 2 is 2.10 bits per heavy atom. The minimum atomic E-state index is -0.558. The first-order valence-corrected chi connectivity index (χ1v) is 7.24. The van der Waals surface area contributed by atoms with E-state index in [0.29, 0.717) is 16.3 Å². The summed E-state index contributed by atoms with van der Waals surface area (Å²) in [6.45, 7) is 3.73. The van der Waals surface area contributed by atoms with Gasteiger partial charge in [-0.1, -0.05) is 35.5 Å². The molecule has 110 valence electrons. The van der Waals surface area contributed by atoms with Gasteiger partial charge >= 0.3 is 0 Å². The Kier molecular flexibility index (Phi) is 4.96. The van der Waals surface area contributed by atoms with Crippen LogP contribution in [0.1, 0.15) is 18.6 Å². The molecule has 0 amide bonds. The second-order valence-corrected chi connectivity index (χ2v) is 5.38. The minimum absolute atomic E-state index is 0.0480. The highest BCUT2D eigenvalue weighted by Crippen LogP contribution is 2.35. The van der Waals surface area contributed by atoms with Crippen molar-refractivity contribution in [1.82, 2.24) is 4.98 Å². The molecule has 2 rings (SSSR count). The fourth-order valence-corrected chi connectivity index (χ4v) is 2.63. The molecular formula is C14H14BCl2FN2O. The molecule has 1 aromatic heterocycles. The molecule has 0 aliphatic carbocycles. The maximum atomic E-state index is 13.6. The number of nitrogen functional groups attached to an aromatic ring is 1. The van der Waals surface area contributed by atoms with Crippen LogP contribution in [0.3, 0.4) is 0 Å². The Hall–Kier alpha value is -1.46. The number of aromatic nitrogens is 1. The van der Waals surface area contributed by atoms with Crippen LogP contribution in [0, 0.1) is 5.82 Å². The summed E-state index contributed by atoms with van der Waals surface area (Å²) in [4.78, 5) is 4.07. The molecule has 2 N–H and O–H groups in total. The summed E-state index contributed by atoms with van der Waals surface area (Å²) in [5.74, 6) is 0.154. The van der Waals surface area contributed by atoms with Crippen LogP contribution < -0.4 is 15.9 Å². The molecule has 1 heterocycles. The minimum Gasteiger partial charge on any atom is -0.482 e. The normalized spacial score (nSPS) is 12.0. The van der Waals surface area contributed by atoms with Crippen molar-refractivity contribution in [3.63, 3.8) is 0 Å². The van der Waals surface area contributed by atoms with Crippen molar-refractivity contribution in [2.45, 2.75) is 19.9 Å². The predicted molar refractivity (Wildman–Crippen MR) is 86.8 cm³/mol. The quantitative estimate of drug-likeness (QED) is 0.692. The van der Waals surface area contributed by atoms with E-state index in [1.807, 2.05) is 6.82 Å². The van der Waals surface area contributed by atoms with Crippen molar-refractivity contribution in [1.29, 1.82) is 0 Å². The van der Waals surface area contributed by atoms with E-state index in [-0.39, 0.29) is 10.8 Å². The zero-order chi connectivity index (χ0) is 15.6. The number of ether oxygens (including phenoxy) is 1. The molecule has 0 bridgehead atoms. The Bertz CT molecular complexity index is 670. The molecule has 0 spiro atoms. The van der Waals surface area contributed by atoms with E-state index >= 15 is 0 Å². The van der Waals surface area contributed by atoms with Crippen molar-refractivity contribution < 1.29 is 9.13 Å². The van der Waals surface area contributed by atoms with Gasteiger partial charge < -0.3 is 10.5 Å². The third kappa shape index (κ3) is 3.42. The number of benzene rings is 1. The molecule has 7 heteroatoms. The lowest BCUT2D eigenvalue weighted by molar-refractivity contribution is 0.227. The van der Waals surface area contributed by atoms with Gasteiger partial charge in [0.05, 0.1) is 5.02 Å². The highest BCUT2D eigenvalue weighted by molar-refractivity contribution is 6.51. The Morgan fingerprint density at radius 1 is 1.38 bits per heavy atom. The molecule has 21 heavy (non-hydrogen) atoms. The van der Waals surface area contributed by atoms with Crippen molar-refractivity contribution in [3.8, 4) is 5.75 Å². The zero-order valence-electron chi connectivity index (χ0n) is 11.7. The van der Waals surface area contributed by atoms with Gasteiger partial charge in [0.1, 0.15) is 11.9 Å². The fourth-order valence-electron chi connectivity index (χ4n) is 1.95. The third-order valence-electron chi connectivity index (χ3n) is 3.14. The molecule has 1 unspecified atom stereocenters. The second-order valence-electron chi connectivity index (χ2n) is 4.60. The van der Waals surface area contributed by atoms with Crippen molar-refractivity contribution in [3.05, 3.63) is 45.8 Å². The van der Waals surface area contributed by atoms with Gasteiger partial charge in [-0.05, 0) is 25.1 Å². The first kappa shape index (κ1) is 15.9. The summed E-state index contributed by atoms with van der Waals surface area (Å²) in [7, 11) is 0.805. The molecule has 0 radical (unpaired) electrons. The SMILES string of the molecule is CBc1cnc(N)c(OC(C)c2c(Cl)ccc(F)c2Cl)c1. The maximum Gasteiger partial charge on any atom is 0.166 e. The number of nitrogens with two attached hydrogens (primary N) is 1. The number of hydrogen-bond donors (Lipinski definition) is 1. The average Bonchev–Trinajstić information content (AvgIpc) is 2.46. The summed E-state index contributed by atoms with van der Waals surface area (Å²) in [6.07, 6.45) is 1.13. The van der Waals surface area contributed by atoms with E-state index in [0.717, 1.165) is 12.7 Å². The predicted octanol–water partition coefficient (Wildman–Crippen LogP) is 3.36. The van der Waals surface area contributed by atoms with Crippen LogP contribution in [0.25, 0.3) is 0 Å². The number of rotatable bonds is 4. The molecule has 0 saturated carbocycles. The van der Waals surface area contributed by atoms with Crippen LogP contribution in [-0.4, -0.2) is 12.3 Å². The Labute approximate surface area is 133 Å². The van der Waals surface area contributed by atoms with E-state index in [1.54, 1.807) is 19.2 Å². The van der Waals surface area contributed by atoms with Crippen LogP contribution >= 0.6 is 23.2 Å². The van der Waals surface area contributed by atoms with Gasteiger partial charge in [-0.15, -0.1) is 0 Å². The van der Waals surface area contributed by atoms with Gasteiger partial charge in [0.25, 0.3) is 0 Å². The molecular weight excluding hydrogens is 313 g/mol. The van der Waals surface area contributed by atoms with Gasteiger partial charge in [-0.2, -0.15) is 0 Å². The van der Waals surface area contributed by atoms with Gasteiger partial charge in [-0.25, -0.2) is 9.37 Å². The number of halogens is 3. The lowest BCUT2D eigenvalue weighted by Gasteiger charge is -2.19. The summed E-state index contributed by atoms with van der Waals surface area (Å²) < 4.78 is 19.3. The highest BCUT2D eigenvalue weighted by Gasteiger charge is 2.19. The van der Waals surface area contributed by atoms with E-state index < -0.39 is 11.9 Å². The third-order valence-corrected chi connectivity index (χ3v) is 3.85. The van der Waals surface area contributed by atoms with Crippen molar-refractivity contribution >= 4 is 41.8 Å². The summed E-state index contributed by atoms with van der Waals surface area (Å²) in [5.41, 5.74) is 7.18. The lowest BCUT2D eigenvalue weighted by Crippen LogP contribution is -2.15. The standard InChI is InChI=1S/C14H14BCl2FN2O/c1-7(12-9(16)3-4-10(18)13(12)17)21-11-5-8(15-2)6-20-14(11)19/h3-7,15H,1-2H3,(H2,19,20). The summed E-state index contributed by atoms with van der Waals surface area (Å²) in [6, 6.07) is 4.47. The number of anilines is 1. The molecule has 1 aromatic carbocycles. The maximum absolute atomic E-state index is 13.6. The number of nitrogens with zero attached hydrogens (tertiary/aromatic N) is 1. The molecule has 1 atom stereocenters. The van der Waals surface area contributed by atoms with Crippen molar-refractivity contribution in [2.24, 2.45) is 0 Å². The molecule has 0 aliphatic heterocycles. The molecule has 3 nitrogen and oxygen atoms in total. The fraction of sp³-hybridized carbons (Fsp3) is 0.214. The van der Waals surface area contributed by atoms with Crippen LogP contribution in [0.5, 0.6) is 5.75 Å². The highest BCUT2D eigenvalue weighted by atomic mass is 35.5. The second kappa shape index (κ2) is 6.54. The van der Waals surface area contributed by atoms with Crippen molar-refractivity contribution in [2.75, 3.05) is 5.73 Å². The summed E-state index contributed by atoms with van der Waals surface area (Å²) >= 11 is 12.1. The Morgan fingerprint density at radius 3 is 2.76 bits per heavy atom. The van der Waals surface area contributed by atoms with Gasteiger partial charge in [0.15, 0.2) is 18.8 Å². The molecule has 0 aliphatic rings. The van der Waals surface area contributed by atoms with Gasteiger partial charge in [0, 0.05) is 16.8 Å². The van der Waals surface area contributed by atoms with Crippen LogP contribution in [-0.2, 0) is 0 Å². The van der Waals surface area contributed by atoms with Crippen LogP contribution in [0.4, 0.5) is 10.2 Å². The van der Waals surface area contributed by atoms with Crippen LogP contribution in [0.15, 0.2) is 24.4 Å². The monoisotopic (exact) mass is 326 g/mol. The van der Waals surface area contributed by atoms with Gasteiger partial charge in [0.2, 0.25) is 0 Å². The topological polar surface area (TPSA) is 48.1 Å². The summed E-state index contributed by atoms with van der Waals surface area (Å²) in [5, 5.41) is 0.292. The average molecular weight is 327 g/mol. The van der Waals surface area contributed by atoms with E-state index in [4.69, 9.17) is 33.7 Å². The first-order chi connectivity index (χ1) is 9.93. The van der Waals surface area contributed by atoms with Crippen LogP contribution in [0.2, 0.25) is 16.9 Å². The van der Waals surface area contributed by atoms with E-state index in [9.17, 15) is 4.39 Å². The smallest absolute Gasteiger partial charge is 0.166 e.